The van der Waals surface area contributed by atoms with Gasteiger partial charge in [0, 0.05) is 31.5 Å². The number of benzene rings is 3. The first-order chi connectivity index (χ1) is 14.5. The van der Waals surface area contributed by atoms with E-state index in [9.17, 15) is 4.79 Å². The second-order valence-electron chi connectivity index (χ2n) is 7.18. The van der Waals surface area contributed by atoms with E-state index in [1.807, 2.05) is 54.6 Å². The first kappa shape index (κ1) is 19.8. The molecule has 0 fully saturated rings. The number of rotatable bonds is 3. The summed E-state index contributed by atoms with van der Waals surface area (Å²) in [6.45, 7) is 0. The Bertz CT molecular complexity index is 1160. The maximum atomic E-state index is 13.3. The van der Waals surface area contributed by atoms with Gasteiger partial charge in [0.2, 0.25) is 5.78 Å². The molecule has 3 aromatic rings. The summed E-state index contributed by atoms with van der Waals surface area (Å²) in [5.41, 5.74) is 3.48. The third kappa shape index (κ3) is 3.57. The van der Waals surface area contributed by atoms with Crippen molar-refractivity contribution in [1.82, 2.24) is 5.01 Å². The maximum absolute atomic E-state index is 13.3. The summed E-state index contributed by atoms with van der Waals surface area (Å²) >= 11 is 13.0. The second kappa shape index (κ2) is 7.84. The molecule has 0 aromatic heterocycles. The van der Waals surface area contributed by atoms with Gasteiger partial charge in [0.1, 0.15) is 5.75 Å². The van der Waals surface area contributed by atoms with Crippen LogP contribution in [0.3, 0.4) is 0 Å². The molecule has 0 N–H and O–H groups in total. The van der Waals surface area contributed by atoms with E-state index < -0.39 is 6.23 Å². The zero-order valence-electron chi connectivity index (χ0n) is 15.6. The fourth-order valence-electron chi connectivity index (χ4n) is 3.80. The van der Waals surface area contributed by atoms with Crippen molar-refractivity contribution in [2.24, 2.45) is 5.10 Å². The van der Waals surface area contributed by atoms with Crippen molar-refractivity contribution in [2.45, 2.75) is 18.7 Å². The standard InChI is InChI=1S/C23H15Br2ClN2O2/c24-15-5-1-14(2-6-15)22(29)23-28-20(18-11-16(25)7-10-21(18)30-23)12-19(27-28)13-3-8-17(26)9-4-13/h1-11,20,23H,12H2/t20-,23+/m0/s1. The Morgan fingerprint density at radius 2 is 1.70 bits per heavy atom. The Balaban J connectivity index is 1.57. The number of carbonyl (C=O) groups excluding carboxylic acids is 1. The number of ketones is 1. The van der Waals surface area contributed by atoms with Gasteiger partial charge < -0.3 is 4.74 Å². The van der Waals surface area contributed by atoms with E-state index in [0.29, 0.717) is 22.8 Å². The number of hydrogen-bond donors (Lipinski definition) is 0. The molecule has 0 radical (unpaired) electrons. The first-order valence-corrected chi connectivity index (χ1v) is 11.3. The van der Waals surface area contributed by atoms with Crippen molar-refractivity contribution in [2.75, 3.05) is 0 Å². The van der Waals surface area contributed by atoms with Gasteiger partial charge in [-0.1, -0.05) is 67.7 Å². The Hall–Kier alpha value is -2.15. The molecule has 2 aliphatic heterocycles. The number of hydrazone groups is 1. The highest BCUT2D eigenvalue weighted by molar-refractivity contribution is 9.10. The van der Waals surface area contributed by atoms with E-state index in [1.165, 1.54) is 0 Å². The minimum Gasteiger partial charge on any atom is -0.461 e. The van der Waals surface area contributed by atoms with Crippen LogP contribution in [0.1, 0.15) is 33.9 Å². The van der Waals surface area contributed by atoms with Crippen molar-refractivity contribution in [3.63, 3.8) is 0 Å². The molecule has 7 heteroatoms. The monoisotopic (exact) mass is 544 g/mol. The summed E-state index contributed by atoms with van der Waals surface area (Å²) in [6.07, 6.45) is -0.145. The molecule has 2 atom stereocenters. The lowest BCUT2D eigenvalue weighted by Crippen LogP contribution is -2.45. The maximum Gasteiger partial charge on any atom is 0.251 e. The van der Waals surface area contributed by atoms with Crippen LogP contribution in [0.2, 0.25) is 5.02 Å². The normalized spacial score (nSPS) is 19.6. The number of nitrogens with zero attached hydrogens (tertiary/aromatic N) is 2. The Kier molecular flexibility index (Phi) is 5.17. The lowest BCUT2D eigenvalue weighted by Gasteiger charge is -2.37. The van der Waals surface area contributed by atoms with E-state index in [2.05, 4.69) is 31.9 Å². The molecule has 150 valence electrons. The van der Waals surface area contributed by atoms with Crippen molar-refractivity contribution in [1.29, 1.82) is 0 Å². The zero-order chi connectivity index (χ0) is 20.8. The van der Waals surface area contributed by atoms with Crippen LogP contribution in [0.5, 0.6) is 5.75 Å². The van der Waals surface area contributed by atoms with Gasteiger partial charge in [-0.25, -0.2) is 5.01 Å². The highest BCUT2D eigenvalue weighted by atomic mass is 79.9. The van der Waals surface area contributed by atoms with E-state index in [0.717, 1.165) is 25.8 Å². The zero-order valence-corrected chi connectivity index (χ0v) is 19.5. The number of carbonyl (C=O) groups is 1. The van der Waals surface area contributed by atoms with Crippen LogP contribution < -0.4 is 4.74 Å². The predicted octanol–water partition coefficient (Wildman–Crippen LogP) is 6.62. The summed E-state index contributed by atoms with van der Waals surface area (Å²) in [7, 11) is 0. The minimum atomic E-state index is -0.824. The van der Waals surface area contributed by atoms with Crippen molar-refractivity contribution in [3.05, 3.63) is 97.4 Å². The van der Waals surface area contributed by atoms with Crippen molar-refractivity contribution in [3.8, 4) is 5.75 Å². The molecule has 2 heterocycles. The predicted molar refractivity (Wildman–Crippen MR) is 124 cm³/mol. The van der Waals surface area contributed by atoms with Crippen LogP contribution in [-0.2, 0) is 0 Å². The van der Waals surface area contributed by atoms with Crippen LogP contribution in [0.15, 0.2) is 80.8 Å². The highest BCUT2D eigenvalue weighted by Gasteiger charge is 2.43. The summed E-state index contributed by atoms with van der Waals surface area (Å²) in [4.78, 5) is 13.3. The van der Waals surface area contributed by atoms with Crippen molar-refractivity contribution >= 4 is 55.0 Å². The van der Waals surface area contributed by atoms with Gasteiger partial charge in [0.05, 0.1) is 11.8 Å². The summed E-state index contributed by atoms with van der Waals surface area (Å²) in [6, 6.07) is 20.7. The molecule has 3 aromatic carbocycles. The lowest BCUT2D eigenvalue weighted by molar-refractivity contribution is -0.00459. The van der Waals surface area contributed by atoms with Gasteiger partial charge in [-0.05, 0) is 48.0 Å². The summed E-state index contributed by atoms with van der Waals surface area (Å²) in [5.74, 6) is 0.588. The SMILES string of the molecule is O=C(c1ccc(Br)cc1)[C@H]1Oc2ccc(Br)cc2[C@@H]2CC(c3ccc(Cl)cc3)=NN12. The molecule has 30 heavy (non-hydrogen) atoms. The van der Waals surface area contributed by atoms with Crippen LogP contribution in [0.25, 0.3) is 0 Å². The van der Waals surface area contributed by atoms with Gasteiger partial charge in [-0.15, -0.1) is 0 Å². The van der Waals surface area contributed by atoms with Gasteiger partial charge in [0.15, 0.2) is 0 Å². The average molecular weight is 547 g/mol. The number of fused-ring (bicyclic) bond motifs is 3. The Morgan fingerprint density at radius 3 is 2.43 bits per heavy atom. The van der Waals surface area contributed by atoms with E-state index in [-0.39, 0.29) is 11.8 Å². The molecule has 0 amide bonds. The number of Topliss-reactive ketones (excluding diaryl/α,β-unsaturated/α-hetero) is 1. The third-order valence-electron chi connectivity index (χ3n) is 5.28. The van der Waals surface area contributed by atoms with Crippen molar-refractivity contribution < 1.29 is 9.53 Å². The lowest BCUT2D eigenvalue weighted by atomic mass is 9.96. The molecule has 5 rings (SSSR count). The second-order valence-corrected chi connectivity index (χ2v) is 9.44. The highest BCUT2D eigenvalue weighted by Crippen LogP contribution is 2.44. The van der Waals surface area contributed by atoms with Gasteiger partial charge in [0.25, 0.3) is 6.23 Å². The van der Waals surface area contributed by atoms with Crippen LogP contribution in [-0.4, -0.2) is 22.7 Å². The largest absolute Gasteiger partial charge is 0.461 e. The number of halogens is 3. The molecular weight excluding hydrogens is 532 g/mol. The number of ether oxygens (including phenoxy) is 1. The fraction of sp³-hybridized carbons (Fsp3) is 0.130. The molecule has 4 nitrogen and oxygen atoms in total. The van der Waals surface area contributed by atoms with Crippen LogP contribution in [0, 0.1) is 0 Å². The van der Waals surface area contributed by atoms with Gasteiger partial charge >= 0.3 is 0 Å². The quantitative estimate of drug-likeness (QED) is 0.347. The summed E-state index contributed by atoms with van der Waals surface area (Å²) in [5, 5.41) is 7.29. The molecule has 0 spiro atoms. The Labute approximate surface area is 195 Å². The molecule has 0 aliphatic carbocycles. The topological polar surface area (TPSA) is 41.9 Å². The smallest absolute Gasteiger partial charge is 0.251 e. The van der Waals surface area contributed by atoms with Gasteiger partial charge in [-0.3, -0.25) is 4.79 Å². The third-order valence-corrected chi connectivity index (χ3v) is 6.56. The first-order valence-electron chi connectivity index (χ1n) is 9.37. The summed E-state index contributed by atoms with van der Waals surface area (Å²) < 4.78 is 8.04. The molecule has 2 aliphatic rings. The molecule has 0 unspecified atom stereocenters. The van der Waals surface area contributed by atoms with E-state index in [1.54, 1.807) is 17.1 Å². The van der Waals surface area contributed by atoms with Crippen LogP contribution >= 0.6 is 43.5 Å². The molecule has 0 bridgehead atoms. The Morgan fingerprint density at radius 1 is 1.00 bits per heavy atom. The van der Waals surface area contributed by atoms with Crippen LogP contribution in [0.4, 0.5) is 0 Å². The van der Waals surface area contributed by atoms with E-state index in [4.69, 9.17) is 21.4 Å². The minimum absolute atomic E-state index is 0.0821. The molecular formula is C23H15Br2ClN2O2. The number of hydrogen-bond acceptors (Lipinski definition) is 4. The molecule has 0 saturated carbocycles. The van der Waals surface area contributed by atoms with Gasteiger partial charge in [-0.2, -0.15) is 5.10 Å². The molecule has 0 saturated heterocycles. The average Bonchev–Trinajstić information content (AvgIpc) is 3.19. The fourth-order valence-corrected chi connectivity index (χ4v) is 4.57. The van der Waals surface area contributed by atoms with E-state index >= 15 is 0 Å².